The summed E-state index contributed by atoms with van der Waals surface area (Å²) in [5.74, 6) is -0.351. The molecule has 3 nitrogen and oxygen atoms in total. The first-order chi connectivity index (χ1) is 9.45. The zero-order chi connectivity index (χ0) is 14.7. The summed E-state index contributed by atoms with van der Waals surface area (Å²) in [4.78, 5) is 12.0. The van der Waals surface area contributed by atoms with Gasteiger partial charge in [0, 0.05) is 5.69 Å². The molecule has 2 rings (SSSR count). The fourth-order valence-corrected chi connectivity index (χ4v) is 2.15. The molecular weight excluding hydrogens is 250 g/mol. The van der Waals surface area contributed by atoms with Crippen LogP contribution >= 0.6 is 0 Å². The Kier molecular flexibility index (Phi) is 4.08. The molecule has 2 aromatic rings. The smallest absolute Gasteiger partial charge is 0.338 e. The molecule has 0 aromatic heterocycles. The van der Waals surface area contributed by atoms with Crippen molar-refractivity contribution in [2.24, 2.45) is 0 Å². The maximum absolute atomic E-state index is 12.0. The van der Waals surface area contributed by atoms with Crippen LogP contribution in [0.2, 0.25) is 0 Å². The molecule has 2 aromatic carbocycles. The maximum Gasteiger partial charge on any atom is 0.338 e. The van der Waals surface area contributed by atoms with Crippen LogP contribution in [0.3, 0.4) is 0 Å². The fraction of sp³-hybridized carbons (Fsp3) is 0.235. The van der Waals surface area contributed by atoms with Gasteiger partial charge < -0.3 is 10.5 Å². The van der Waals surface area contributed by atoms with Crippen molar-refractivity contribution in [1.82, 2.24) is 0 Å². The quantitative estimate of drug-likeness (QED) is 0.684. The summed E-state index contributed by atoms with van der Waals surface area (Å²) in [6, 6.07) is 11.3. The number of carbonyl (C=O) groups is 1. The highest BCUT2D eigenvalue weighted by molar-refractivity contribution is 5.90. The van der Waals surface area contributed by atoms with Crippen LogP contribution in [0.15, 0.2) is 36.4 Å². The molecule has 0 fully saturated rings. The highest BCUT2D eigenvalue weighted by atomic mass is 16.5. The van der Waals surface area contributed by atoms with E-state index in [4.69, 9.17) is 10.5 Å². The van der Waals surface area contributed by atoms with Gasteiger partial charge in [0.1, 0.15) is 6.61 Å². The van der Waals surface area contributed by atoms with Crippen LogP contribution < -0.4 is 5.73 Å². The predicted octanol–water partition coefficient (Wildman–Crippen LogP) is 3.55. The fourth-order valence-electron chi connectivity index (χ4n) is 2.15. The zero-order valence-corrected chi connectivity index (χ0v) is 12.1. The summed E-state index contributed by atoms with van der Waals surface area (Å²) in [6.45, 7) is 6.23. The first kappa shape index (κ1) is 14.1. The molecule has 0 unspecified atom stereocenters. The first-order valence-corrected chi connectivity index (χ1v) is 6.56. The van der Waals surface area contributed by atoms with Crippen LogP contribution in [-0.4, -0.2) is 5.97 Å². The van der Waals surface area contributed by atoms with Gasteiger partial charge in [-0.2, -0.15) is 0 Å². The second-order valence-electron chi connectivity index (χ2n) is 5.14. The van der Waals surface area contributed by atoms with Gasteiger partial charge in [0.2, 0.25) is 0 Å². The van der Waals surface area contributed by atoms with Gasteiger partial charge in [0.25, 0.3) is 0 Å². The average Bonchev–Trinajstić information content (AvgIpc) is 2.38. The van der Waals surface area contributed by atoms with E-state index in [-0.39, 0.29) is 12.6 Å². The summed E-state index contributed by atoms with van der Waals surface area (Å²) in [5, 5.41) is 0. The van der Waals surface area contributed by atoms with Crippen molar-refractivity contribution in [3.8, 4) is 0 Å². The van der Waals surface area contributed by atoms with Gasteiger partial charge >= 0.3 is 5.97 Å². The molecule has 0 bridgehead atoms. The average molecular weight is 269 g/mol. The Morgan fingerprint density at radius 3 is 2.30 bits per heavy atom. The lowest BCUT2D eigenvalue weighted by Crippen LogP contribution is -2.06. The Morgan fingerprint density at radius 2 is 1.70 bits per heavy atom. The number of hydrogen-bond donors (Lipinski definition) is 1. The van der Waals surface area contributed by atoms with Crippen molar-refractivity contribution in [2.45, 2.75) is 27.4 Å². The number of nitrogen functional groups attached to an aromatic ring is 1. The maximum atomic E-state index is 12.0. The van der Waals surface area contributed by atoms with Gasteiger partial charge in [-0.15, -0.1) is 0 Å². The van der Waals surface area contributed by atoms with E-state index in [1.54, 1.807) is 12.1 Å². The normalized spacial score (nSPS) is 10.3. The van der Waals surface area contributed by atoms with Crippen LogP contribution in [-0.2, 0) is 11.3 Å². The van der Waals surface area contributed by atoms with Crippen molar-refractivity contribution >= 4 is 11.7 Å². The van der Waals surface area contributed by atoms with E-state index >= 15 is 0 Å². The third-order valence-corrected chi connectivity index (χ3v) is 3.17. The van der Waals surface area contributed by atoms with Crippen LogP contribution in [0.1, 0.15) is 32.6 Å². The second-order valence-corrected chi connectivity index (χ2v) is 5.14. The number of rotatable bonds is 3. The SMILES string of the molecule is Cc1cc(C)cc(COC(=O)c2ccc(C)c(N)c2)c1. The molecule has 0 amide bonds. The second kappa shape index (κ2) is 5.78. The molecule has 0 radical (unpaired) electrons. The van der Waals surface area contributed by atoms with Gasteiger partial charge in [0.15, 0.2) is 0 Å². The Balaban J connectivity index is 2.06. The lowest BCUT2D eigenvalue weighted by atomic mass is 10.1. The van der Waals surface area contributed by atoms with Crippen molar-refractivity contribution in [1.29, 1.82) is 0 Å². The summed E-state index contributed by atoms with van der Waals surface area (Å²) in [5.41, 5.74) is 11.2. The van der Waals surface area contributed by atoms with E-state index in [0.717, 1.165) is 22.3 Å². The molecule has 0 heterocycles. The van der Waals surface area contributed by atoms with Crippen LogP contribution in [0, 0.1) is 20.8 Å². The molecule has 0 saturated heterocycles. The number of nitrogens with two attached hydrogens (primary N) is 1. The minimum atomic E-state index is -0.351. The molecule has 3 heteroatoms. The van der Waals surface area contributed by atoms with Crippen molar-refractivity contribution in [3.05, 3.63) is 64.2 Å². The van der Waals surface area contributed by atoms with Crippen LogP contribution in [0.25, 0.3) is 0 Å². The van der Waals surface area contributed by atoms with Crippen molar-refractivity contribution in [3.63, 3.8) is 0 Å². The molecule has 2 N–H and O–H groups in total. The molecule has 0 spiro atoms. The molecule has 0 atom stereocenters. The number of benzene rings is 2. The number of anilines is 1. The lowest BCUT2D eigenvalue weighted by molar-refractivity contribution is 0.0472. The van der Waals surface area contributed by atoms with Crippen molar-refractivity contribution < 1.29 is 9.53 Å². The largest absolute Gasteiger partial charge is 0.457 e. The van der Waals surface area contributed by atoms with E-state index in [1.807, 2.05) is 39.0 Å². The molecule has 0 aliphatic heterocycles. The number of ether oxygens (including phenoxy) is 1. The molecule has 0 aliphatic rings. The topological polar surface area (TPSA) is 52.3 Å². The van der Waals surface area contributed by atoms with Crippen LogP contribution in [0.5, 0.6) is 0 Å². The van der Waals surface area contributed by atoms with E-state index in [2.05, 4.69) is 6.07 Å². The van der Waals surface area contributed by atoms with Gasteiger partial charge in [-0.05, 0) is 44.0 Å². The Hall–Kier alpha value is -2.29. The van der Waals surface area contributed by atoms with E-state index < -0.39 is 0 Å². The van der Waals surface area contributed by atoms with Gasteiger partial charge in [-0.1, -0.05) is 35.4 Å². The number of hydrogen-bond acceptors (Lipinski definition) is 3. The Bertz CT molecular complexity index is 627. The standard InChI is InChI=1S/C17H19NO2/c1-11-6-12(2)8-14(7-11)10-20-17(19)15-5-4-13(3)16(18)9-15/h4-9H,10,18H2,1-3H3. The summed E-state index contributed by atoms with van der Waals surface area (Å²) in [6.07, 6.45) is 0. The van der Waals surface area contributed by atoms with Crippen molar-refractivity contribution in [2.75, 3.05) is 5.73 Å². The zero-order valence-electron chi connectivity index (χ0n) is 12.1. The van der Waals surface area contributed by atoms with Gasteiger partial charge in [-0.25, -0.2) is 4.79 Å². The minimum Gasteiger partial charge on any atom is -0.457 e. The Labute approximate surface area is 119 Å². The molecule has 104 valence electrons. The van der Waals surface area contributed by atoms with Crippen LogP contribution in [0.4, 0.5) is 5.69 Å². The van der Waals surface area contributed by atoms with E-state index in [1.165, 1.54) is 0 Å². The molecular formula is C17H19NO2. The first-order valence-electron chi connectivity index (χ1n) is 6.56. The molecule has 20 heavy (non-hydrogen) atoms. The predicted molar refractivity (Wildman–Crippen MR) is 80.6 cm³/mol. The molecule has 0 saturated carbocycles. The highest BCUT2D eigenvalue weighted by Gasteiger charge is 2.09. The van der Waals surface area contributed by atoms with E-state index in [0.29, 0.717) is 11.3 Å². The molecule has 0 aliphatic carbocycles. The third kappa shape index (κ3) is 3.38. The van der Waals surface area contributed by atoms with Gasteiger partial charge in [0.05, 0.1) is 5.56 Å². The lowest BCUT2D eigenvalue weighted by Gasteiger charge is -2.08. The summed E-state index contributed by atoms with van der Waals surface area (Å²) >= 11 is 0. The number of esters is 1. The summed E-state index contributed by atoms with van der Waals surface area (Å²) < 4.78 is 5.32. The minimum absolute atomic E-state index is 0.273. The Morgan fingerprint density at radius 1 is 1.05 bits per heavy atom. The van der Waals surface area contributed by atoms with Gasteiger partial charge in [-0.3, -0.25) is 0 Å². The highest BCUT2D eigenvalue weighted by Crippen LogP contribution is 2.15. The monoisotopic (exact) mass is 269 g/mol. The number of carbonyl (C=O) groups excluding carboxylic acids is 1. The number of aryl methyl sites for hydroxylation is 3. The third-order valence-electron chi connectivity index (χ3n) is 3.17. The summed E-state index contributed by atoms with van der Waals surface area (Å²) in [7, 11) is 0. The van der Waals surface area contributed by atoms with E-state index in [9.17, 15) is 4.79 Å².